The Morgan fingerprint density at radius 3 is 2.65 bits per heavy atom. The van der Waals surface area contributed by atoms with E-state index in [1.165, 1.54) is 11.3 Å². The minimum Gasteiger partial charge on any atom is -0.377 e. The van der Waals surface area contributed by atoms with Gasteiger partial charge in [-0.1, -0.05) is 12.1 Å². The second-order valence-corrected chi connectivity index (χ2v) is 6.72. The Bertz CT molecular complexity index is 665. The molecule has 0 aliphatic rings. The Balaban J connectivity index is 2.00. The molecule has 2 atom stereocenters. The molecular formula is C17H23N3O2S. The van der Waals surface area contributed by atoms with Crippen LogP contribution in [0.3, 0.4) is 0 Å². The number of nitrogens with one attached hydrogen (secondary N) is 2. The van der Waals surface area contributed by atoms with E-state index in [-0.39, 0.29) is 18.1 Å². The van der Waals surface area contributed by atoms with E-state index in [0.717, 1.165) is 21.8 Å². The van der Waals surface area contributed by atoms with Gasteiger partial charge in [0.1, 0.15) is 6.04 Å². The number of aryl methyl sites for hydroxylation is 2. The fourth-order valence-corrected chi connectivity index (χ4v) is 2.89. The zero-order chi connectivity index (χ0) is 17.0. The van der Waals surface area contributed by atoms with Crippen LogP contribution in [0, 0.1) is 13.8 Å². The number of carbonyl (C=O) groups excluding carboxylic acids is 1. The maximum Gasteiger partial charge on any atom is 0.248 e. The van der Waals surface area contributed by atoms with Crippen LogP contribution in [0.1, 0.15) is 36.1 Å². The van der Waals surface area contributed by atoms with Gasteiger partial charge in [0.25, 0.3) is 0 Å². The van der Waals surface area contributed by atoms with E-state index in [0.29, 0.717) is 5.13 Å². The van der Waals surface area contributed by atoms with Gasteiger partial charge >= 0.3 is 0 Å². The summed E-state index contributed by atoms with van der Waals surface area (Å²) in [5.41, 5.74) is 2.91. The Labute approximate surface area is 141 Å². The van der Waals surface area contributed by atoms with Gasteiger partial charge in [0.15, 0.2) is 5.13 Å². The number of aromatic nitrogens is 1. The fraction of sp³-hybridized carbons (Fsp3) is 0.412. The van der Waals surface area contributed by atoms with Crippen LogP contribution in [0.2, 0.25) is 0 Å². The van der Waals surface area contributed by atoms with E-state index in [9.17, 15) is 4.79 Å². The number of anilines is 2. The summed E-state index contributed by atoms with van der Waals surface area (Å²) < 4.78 is 5.32. The van der Waals surface area contributed by atoms with Gasteiger partial charge in [-0.2, -0.15) is 0 Å². The minimum absolute atomic E-state index is 0.0159. The van der Waals surface area contributed by atoms with Crippen LogP contribution in [0.15, 0.2) is 24.3 Å². The lowest BCUT2D eigenvalue weighted by Crippen LogP contribution is -2.31. The third-order valence-corrected chi connectivity index (χ3v) is 4.73. The van der Waals surface area contributed by atoms with Crippen molar-refractivity contribution in [3.8, 4) is 0 Å². The number of rotatable bonds is 6. The smallest absolute Gasteiger partial charge is 0.248 e. The lowest BCUT2D eigenvalue weighted by molar-refractivity contribution is -0.116. The normalized spacial score (nSPS) is 13.4. The van der Waals surface area contributed by atoms with Crippen LogP contribution in [-0.2, 0) is 9.53 Å². The second kappa shape index (κ2) is 7.57. The molecule has 6 heteroatoms. The zero-order valence-corrected chi connectivity index (χ0v) is 15.0. The highest BCUT2D eigenvalue weighted by molar-refractivity contribution is 7.15. The number of amides is 1. The Hall–Kier alpha value is -1.92. The molecule has 2 rings (SSSR count). The first-order valence-corrected chi connectivity index (χ1v) is 8.36. The molecule has 0 aliphatic heterocycles. The third-order valence-electron chi connectivity index (χ3n) is 3.74. The number of thiazole rings is 1. The quantitative estimate of drug-likeness (QED) is 0.841. The lowest BCUT2D eigenvalue weighted by atomic mass is 10.1. The molecule has 0 saturated heterocycles. The summed E-state index contributed by atoms with van der Waals surface area (Å²) in [6.45, 7) is 7.75. The standard InChI is InChI=1S/C17H23N3O2S/c1-10-13(4)23-17(19-10)20-16(21)11(2)18-15-8-6-7-14(9-15)12(3)22-5/h6-9,11-12,18H,1-5H3,(H,19,20,21)/t11-,12-/m1/s1. The molecule has 0 aliphatic carbocycles. The molecule has 0 saturated carbocycles. The summed E-state index contributed by atoms with van der Waals surface area (Å²) >= 11 is 1.49. The largest absolute Gasteiger partial charge is 0.377 e. The second-order valence-electron chi connectivity index (χ2n) is 5.52. The number of hydrogen-bond acceptors (Lipinski definition) is 5. The van der Waals surface area contributed by atoms with E-state index < -0.39 is 0 Å². The Morgan fingerprint density at radius 1 is 1.30 bits per heavy atom. The van der Waals surface area contributed by atoms with Crippen molar-refractivity contribution in [2.45, 2.75) is 39.8 Å². The SMILES string of the molecule is CO[C@H](C)c1cccc(N[C@H](C)C(=O)Nc2nc(C)c(C)s2)c1. The topological polar surface area (TPSA) is 63.2 Å². The predicted octanol–water partition coefficient (Wildman–Crippen LogP) is 3.91. The molecule has 0 bridgehead atoms. The van der Waals surface area contributed by atoms with Gasteiger partial charge in [0.05, 0.1) is 11.8 Å². The number of ether oxygens (including phenoxy) is 1. The predicted molar refractivity (Wildman–Crippen MR) is 95.2 cm³/mol. The van der Waals surface area contributed by atoms with Gasteiger partial charge in [0, 0.05) is 17.7 Å². The highest BCUT2D eigenvalue weighted by Crippen LogP contribution is 2.22. The Morgan fingerprint density at radius 2 is 2.04 bits per heavy atom. The number of carbonyl (C=O) groups is 1. The number of nitrogens with zero attached hydrogens (tertiary/aromatic N) is 1. The zero-order valence-electron chi connectivity index (χ0n) is 14.1. The minimum atomic E-state index is -0.368. The van der Waals surface area contributed by atoms with Crippen LogP contribution < -0.4 is 10.6 Å². The van der Waals surface area contributed by atoms with Crippen molar-refractivity contribution < 1.29 is 9.53 Å². The molecule has 0 spiro atoms. The van der Waals surface area contributed by atoms with Crippen molar-refractivity contribution in [3.05, 3.63) is 40.4 Å². The van der Waals surface area contributed by atoms with Crippen LogP contribution in [0.5, 0.6) is 0 Å². The van der Waals surface area contributed by atoms with E-state index in [2.05, 4.69) is 15.6 Å². The summed E-state index contributed by atoms with van der Waals surface area (Å²) in [6.07, 6.45) is 0.0159. The van der Waals surface area contributed by atoms with Gasteiger partial charge in [-0.3, -0.25) is 4.79 Å². The van der Waals surface area contributed by atoms with Crippen LogP contribution in [0.25, 0.3) is 0 Å². The molecule has 124 valence electrons. The number of benzene rings is 1. The molecule has 23 heavy (non-hydrogen) atoms. The average molecular weight is 333 g/mol. The Kier molecular flexibility index (Phi) is 5.74. The first kappa shape index (κ1) is 17.4. The number of hydrogen-bond donors (Lipinski definition) is 2. The van der Waals surface area contributed by atoms with Crippen molar-refractivity contribution in [1.82, 2.24) is 4.98 Å². The van der Waals surface area contributed by atoms with E-state index in [1.54, 1.807) is 7.11 Å². The molecule has 0 fully saturated rings. The van der Waals surface area contributed by atoms with Gasteiger partial charge in [-0.05, 0) is 45.4 Å². The monoisotopic (exact) mass is 333 g/mol. The summed E-state index contributed by atoms with van der Waals surface area (Å²) in [6, 6.07) is 7.52. The van der Waals surface area contributed by atoms with Gasteiger partial charge in [-0.25, -0.2) is 4.98 Å². The van der Waals surface area contributed by atoms with Crippen LogP contribution in [0.4, 0.5) is 10.8 Å². The number of methoxy groups -OCH3 is 1. The summed E-state index contributed by atoms with van der Waals surface area (Å²) in [4.78, 5) is 17.7. The van der Waals surface area contributed by atoms with E-state index in [1.807, 2.05) is 52.0 Å². The molecule has 1 heterocycles. The van der Waals surface area contributed by atoms with Gasteiger partial charge in [-0.15, -0.1) is 11.3 Å². The molecule has 2 aromatic rings. The molecule has 1 aromatic carbocycles. The molecule has 2 N–H and O–H groups in total. The molecule has 5 nitrogen and oxygen atoms in total. The summed E-state index contributed by atoms with van der Waals surface area (Å²) in [5, 5.41) is 6.70. The van der Waals surface area contributed by atoms with Crippen molar-refractivity contribution in [2.24, 2.45) is 0 Å². The fourth-order valence-electron chi connectivity index (χ4n) is 2.07. The highest BCUT2D eigenvalue weighted by Gasteiger charge is 2.15. The van der Waals surface area contributed by atoms with Crippen LogP contribution in [-0.4, -0.2) is 24.0 Å². The van der Waals surface area contributed by atoms with Crippen LogP contribution >= 0.6 is 11.3 Å². The third kappa shape index (κ3) is 4.53. The van der Waals surface area contributed by atoms with Crippen molar-refractivity contribution >= 4 is 28.1 Å². The molecule has 0 radical (unpaired) electrons. The average Bonchev–Trinajstić information content (AvgIpc) is 2.84. The van der Waals surface area contributed by atoms with Gasteiger partial charge in [0.2, 0.25) is 5.91 Å². The van der Waals surface area contributed by atoms with Crippen molar-refractivity contribution in [1.29, 1.82) is 0 Å². The molecule has 0 unspecified atom stereocenters. The molecular weight excluding hydrogens is 310 g/mol. The molecule has 1 amide bonds. The first-order valence-electron chi connectivity index (χ1n) is 7.55. The lowest BCUT2D eigenvalue weighted by Gasteiger charge is -2.16. The summed E-state index contributed by atoms with van der Waals surface area (Å²) in [7, 11) is 1.68. The van der Waals surface area contributed by atoms with E-state index in [4.69, 9.17) is 4.74 Å². The first-order chi connectivity index (χ1) is 10.9. The maximum absolute atomic E-state index is 12.3. The summed E-state index contributed by atoms with van der Waals surface area (Å²) in [5.74, 6) is -0.107. The van der Waals surface area contributed by atoms with E-state index >= 15 is 0 Å². The molecule has 1 aromatic heterocycles. The van der Waals surface area contributed by atoms with Crippen molar-refractivity contribution in [3.63, 3.8) is 0 Å². The van der Waals surface area contributed by atoms with Gasteiger partial charge < -0.3 is 15.4 Å². The maximum atomic E-state index is 12.3. The van der Waals surface area contributed by atoms with Crippen molar-refractivity contribution in [2.75, 3.05) is 17.7 Å². The highest BCUT2D eigenvalue weighted by atomic mass is 32.1.